The van der Waals surface area contributed by atoms with Crippen LogP contribution in [0.3, 0.4) is 0 Å². The molecule has 0 bridgehead atoms. The second-order valence-electron chi connectivity index (χ2n) is 5.10. The summed E-state index contributed by atoms with van der Waals surface area (Å²) in [6.45, 7) is 6.13. The minimum atomic E-state index is -0.0104. The van der Waals surface area contributed by atoms with Crippen molar-refractivity contribution in [2.24, 2.45) is 0 Å². The third-order valence-corrected chi connectivity index (χ3v) is 4.32. The second-order valence-corrected chi connectivity index (χ2v) is 6.24. The van der Waals surface area contributed by atoms with Gasteiger partial charge in [0.25, 0.3) is 5.91 Å². The van der Waals surface area contributed by atoms with Gasteiger partial charge in [0.05, 0.1) is 10.6 Å². The average Bonchev–Trinajstić information content (AvgIpc) is 2.54. The number of rotatable bonds is 2. The van der Waals surface area contributed by atoms with Gasteiger partial charge in [-0.3, -0.25) is 4.79 Å². The van der Waals surface area contributed by atoms with E-state index in [1.165, 1.54) is 16.9 Å². The standard InChI is InChI=1S/C13H20N2OS/c1-7(2)15-13(16)11-10-8(3)5-4-6-9(10)17-12(11)14/h7-8H,4-6,14H2,1-3H3,(H,15,16). The number of nitrogens with one attached hydrogen (secondary N) is 1. The summed E-state index contributed by atoms with van der Waals surface area (Å²) < 4.78 is 0. The molecule has 2 rings (SSSR count). The number of thiophene rings is 1. The first-order valence-electron chi connectivity index (χ1n) is 6.22. The Kier molecular flexibility index (Phi) is 3.43. The largest absolute Gasteiger partial charge is 0.390 e. The molecule has 1 aliphatic rings. The zero-order chi connectivity index (χ0) is 12.6. The number of carbonyl (C=O) groups is 1. The topological polar surface area (TPSA) is 55.1 Å². The summed E-state index contributed by atoms with van der Waals surface area (Å²) in [7, 11) is 0. The van der Waals surface area contributed by atoms with Crippen LogP contribution in [0.2, 0.25) is 0 Å². The molecule has 0 radical (unpaired) electrons. The number of anilines is 1. The molecule has 0 spiro atoms. The number of carbonyl (C=O) groups excluding carboxylic acids is 1. The third kappa shape index (κ3) is 2.32. The van der Waals surface area contributed by atoms with E-state index in [0.29, 0.717) is 10.9 Å². The Morgan fingerprint density at radius 2 is 2.24 bits per heavy atom. The van der Waals surface area contributed by atoms with Crippen LogP contribution in [0, 0.1) is 0 Å². The molecule has 3 N–H and O–H groups in total. The van der Waals surface area contributed by atoms with E-state index in [-0.39, 0.29) is 11.9 Å². The van der Waals surface area contributed by atoms with Crippen LogP contribution in [0.5, 0.6) is 0 Å². The molecule has 1 heterocycles. The quantitative estimate of drug-likeness (QED) is 0.850. The SMILES string of the molecule is CC(C)NC(=O)c1c(N)sc2c1C(C)CCC2. The highest BCUT2D eigenvalue weighted by Crippen LogP contribution is 2.41. The number of fused-ring (bicyclic) bond motifs is 1. The van der Waals surface area contributed by atoms with Gasteiger partial charge in [-0.1, -0.05) is 6.92 Å². The molecule has 1 aliphatic carbocycles. The summed E-state index contributed by atoms with van der Waals surface area (Å²) in [5.41, 5.74) is 7.96. The van der Waals surface area contributed by atoms with Crippen molar-refractivity contribution in [1.29, 1.82) is 0 Å². The van der Waals surface area contributed by atoms with Crippen molar-refractivity contribution in [3.63, 3.8) is 0 Å². The van der Waals surface area contributed by atoms with Gasteiger partial charge in [0.1, 0.15) is 0 Å². The zero-order valence-electron chi connectivity index (χ0n) is 10.7. The van der Waals surface area contributed by atoms with Crippen LogP contribution in [-0.4, -0.2) is 11.9 Å². The maximum absolute atomic E-state index is 12.2. The highest BCUT2D eigenvalue weighted by molar-refractivity contribution is 7.16. The van der Waals surface area contributed by atoms with E-state index in [0.717, 1.165) is 18.4 Å². The summed E-state index contributed by atoms with van der Waals surface area (Å²) in [5, 5.41) is 3.63. The number of hydrogen-bond donors (Lipinski definition) is 2. The monoisotopic (exact) mass is 252 g/mol. The maximum Gasteiger partial charge on any atom is 0.254 e. The number of nitrogens with two attached hydrogens (primary N) is 1. The third-order valence-electron chi connectivity index (χ3n) is 3.23. The van der Waals surface area contributed by atoms with Gasteiger partial charge in [-0.05, 0) is 44.6 Å². The van der Waals surface area contributed by atoms with E-state index in [2.05, 4.69) is 12.2 Å². The van der Waals surface area contributed by atoms with Gasteiger partial charge in [-0.15, -0.1) is 11.3 Å². The molecule has 94 valence electrons. The fraction of sp³-hybridized carbons (Fsp3) is 0.615. The highest BCUT2D eigenvalue weighted by Gasteiger charge is 2.28. The molecule has 3 nitrogen and oxygen atoms in total. The van der Waals surface area contributed by atoms with Gasteiger partial charge in [0, 0.05) is 10.9 Å². The van der Waals surface area contributed by atoms with Crippen LogP contribution in [0.15, 0.2) is 0 Å². The first kappa shape index (κ1) is 12.4. The molecule has 0 saturated heterocycles. The van der Waals surface area contributed by atoms with E-state index >= 15 is 0 Å². The van der Waals surface area contributed by atoms with Crippen LogP contribution < -0.4 is 11.1 Å². The van der Waals surface area contributed by atoms with Gasteiger partial charge in [-0.25, -0.2) is 0 Å². The van der Waals surface area contributed by atoms with Gasteiger partial charge >= 0.3 is 0 Å². The summed E-state index contributed by atoms with van der Waals surface area (Å²) >= 11 is 1.59. The Bertz CT molecular complexity index is 437. The van der Waals surface area contributed by atoms with Crippen molar-refractivity contribution in [2.75, 3.05) is 5.73 Å². The van der Waals surface area contributed by atoms with Crippen molar-refractivity contribution in [2.45, 2.75) is 52.0 Å². The van der Waals surface area contributed by atoms with Crippen LogP contribution in [-0.2, 0) is 6.42 Å². The van der Waals surface area contributed by atoms with Crippen molar-refractivity contribution >= 4 is 22.2 Å². The van der Waals surface area contributed by atoms with Gasteiger partial charge in [0.2, 0.25) is 0 Å². The average molecular weight is 252 g/mol. The number of aryl methyl sites for hydroxylation is 1. The van der Waals surface area contributed by atoms with E-state index in [9.17, 15) is 4.79 Å². The lowest BCUT2D eigenvalue weighted by atomic mass is 9.86. The summed E-state index contributed by atoms with van der Waals surface area (Å²) in [6.07, 6.45) is 3.44. The molecule has 0 aliphatic heterocycles. The van der Waals surface area contributed by atoms with Crippen LogP contribution in [0.4, 0.5) is 5.00 Å². The van der Waals surface area contributed by atoms with Crippen molar-refractivity contribution in [3.8, 4) is 0 Å². The fourth-order valence-electron chi connectivity index (χ4n) is 2.50. The van der Waals surface area contributed by atoms with Crippen LogP contribution in [0.25, 0.3) is 0 Å². The van der Waals surface area contributed by atoms with Crippen LogP contribution in [0.1, 0.15) is 60.3 Å². The summed E-state index contributed by atoms with van der Waals surface area (Å²) in [6, 6.07) is 0.149. The molecular formula is C13H20N2OS. The Hall–Kier alpha value is -1.03. The second kappa shape index (κ2) is 4.69. The minimum absolute atomic E-state index is 0.0104. The first-order valence-corrected chi connectivity index (χ1v) is 7.04. The Labute approximate surface area is 106 Å². The molecule has 1 aromatic rings. The molecule has 0 saturated carbocycles. The number of hydrogen-bond acceptors (Lipinski definition) is 3. The Morgan fingerprint density at radius 1 is 1.53 bits per heavy atom. The van der Waals surface area contributed by atoms with E-state index in [1.807, 2.05) is 13.8 Å². The molecule has 1 unspecified atom stereocenters. The van der Waals surface area contributed by atoms with Crippen molar-refractivity contribution in [3.05, 3.63) is 16.0 Å². The molecule has 1 amide bonds. The molecule has 0 aromatic carbocycles. The van der Waals surface area contributed by atoms with Gasteiger partial charge in [-0.2, -0.15) is 0 Å². The van der Waals surface area contributed by atoms with E-state index in [1.54, 1.807) is 11.3 Å². The Morgan fingerprint density at radius 3 is 2.88 bits per heavy atom. The molecule has 0 fully saturated rings. The van der Waals surface area contributed by atoms with Gasteiger partial charge < -0.3 is 11.1 Å². The summed E-state index contributed by atoms with van der Waals surface area (Å²) in [5.74, 6) is 0.448. The fourth-order valence-corrected chi connectivity index (χ4v) is 3.73. The minimum Gasteiger partial charge on any atom is -0.390 e. The Balaban J connectivity index is 2.40. The van der Waals surface area contributed by atoms with E-state index < -0.39 is 0 Å². The smallest absolute Gasteiger partial charge is 0.254 e. The van der Waals surface area contributed by atoms with E-state index in [4.69, 9.17) is 5.73 Å². The predicted octanol–water partition coefficient (Wildman–Crippen LogP) is 2.91. The lowest BCUT2D eigenvalue weighted by Gasteiger charge is -2.20. The molecule has 4 heteroatoms. The highest BCUT2D eigenvalue weighted by atomic mass is 32.1. The van der Waals surface area contributed by atoms with Crippen molar-refractivity contribution < 1.29 is 4.79 Å². The normalized spacial score (nSPS) is 19.2. The first-order chi connectivity index (χ1) is 8.00. The number of nitrogen functional groups attached to an aromatic ring is 1. The number of amides is 1. The maximum atomic E-state index is 12.2. The molecule has 17 heavy (non-hydrogen) atoms. The predicted molar refractivity (Wildman–Crippen MR) is 72.7 cm³/mol. The molecule has 1 aromatic heterocycles. The molecule has 1 atom stereocenters. The van der Waals surface area contributed by atoms with Crippen LogP contribution >= 0.6 is 11.3 Å². The van der Waals surface area contributed by atoms with Gasteiger partial charge in [0.15, 0.2) is 0 Å². The summed E-state index contributed by atoms with van der Waals surface area (Å²) in [4.78, 5) is 13.5. The lowest BCUT2D eigenvalue weighted by molar-refractivity contribution is 0.0943. The lowest BCUT2D eigenvalue weighted by Crippen LogP contribution is -2.31. The zero-order valence-corrected chi connectivity index (χ0v) is 11.5. The molecular weight excluding hydrogens is 232 g/mol. The van der Waals surface area contributed by atoms with Crippen molar-refractivity contribution in [1.82, 2.24) is 5.32 Å².